The second-order valence-electron chi connectivity index (χ2n) is 8.37. The molecule has 174 valence electrons. The molecule has 1 aliphatic rings. The Hall–Kier alpha value is -2.62. The zero-order valence-corrected chi connectivity index (χ0v) is 18.7. The number of hydrogen-bond donors (Lipinski definition) is 2. The highest BCUT2D eigenvalue weighted by atomic mass is 19.2. The van der Waals surface area contributed by atoms with Gasteiger partial charge in [-0.1, -0.05) is 13.0 Å². The molecular weight excluding hydrogens is 422 g/mol. The largest absolute Gasteiger partial charge is 0.493 e. The van der Waals surface area contributed by atoms with E-state index in [1.807, 2.05) is 20.8 Å². The minimum Gasteiger partial charge on any atom is -0.493 e. The van der Waals surface area contributed by atoms with E-state index in [0.29, 0.717) is 16.9 Å². The van der Waals surface area contributed by atoms with Gasteiger partial charge in [0.05, 0.1) is 36.9 Å². The minimum atomic E-state index is -1.10. The Morgan fingerprint density at radius 2 is 2.00 bits per heavy atom. The molecular formula is C23H28F2N2O5. The lowest BCUT2D eigenvalue weighted by atomic mass is 9.78. The number of methoxy groups -OCH3 is 2. The lowest BCUT2D eigenvalue weighted by molar-refractivity contribution is -0.131. The van der Waals surface area contributed by atoms with Crippen molar-refractivity contribution in [1.29, 1.82) is 0 Å². The zero-order chi connectivity index (χ0) is 23.6. The van der Waals surface area contributed by atoms with E-state index in [4.69, 9.17) is 14.2 Å². The first-order valence-corrected chi connectivity index (χ1v) is 10.2. The Labute approximate surface area is 185 Å². The van der Waals surface area contributed by atoms with Crippen molar-refractivity contribution >= 4 is 11.6 Å². The standard InChI is InChI=1S/C23H28F2N2O5/c1-12-18(14-7-8-15(24)19(25)20(14)31-5)21(32-23(12,2)3)22(29)27-13-6-9-16(26-10-13)17(28)11-30-4/h6-10,12,17-18,21,28H,11H2,1-5H3,(H,27,29)/t12-,17?,18-,21+/m0/s1. The van der Waals surface area contributed by atoms with Crippen molar-refractivity contribution in [2.45, 2.75) is 44.5 Å². The van der Waals surface area contributed by atoms with Gasteiger partial charge in [-0.3, -0.25) is 9.78 Å². The number of nitrogens with one attached hydrogen (secondary N) is 1. The summed E-state index contributed by atoms with van der Waals surface area (Å²) in [5, 5.41) is 12.7. The molecule has 1 aromatic heterocycles. The number of amides is 1. The summed E-state index contributed by atoms with van der Waals surface area (Å²) in [6.07, 6.45) is -0.435. The van der Waals surface area contributed by atoms with Crippen LogP contribution in [0, 0.1) is 17.6 Å². The summed E-state index contributed by atoms with van der Waals surface area (Å²) >= 11 is 0. The molecule has 2 N–H and O–H groups in total. The lowest BCUT2D eigenvalue weighted by Gasteiger charge is -2.25. The maximum absolute atomic E-state index is 14.4. The molecule has 0 saturated carbocycles. The topological polar surface area (TPSA) is 89.9 Å². The van der Waals surface area contributed by atoms with Crippen LogP contribution < -0.4 is 10.1 Å². The summed E-state index contributed by atoms with van der Waals surface area (Å²) in [6.45, 7) is 5.68. The molecule has 0 bridgehead atoms. The molecule has 1 fully saturated rings. The minimum absolute atomic E-state index is 0.0966. The number of ether oxygens (including phenoxy) is 3. The highest BCUT2D eigenvalue weighted by molar-refractivity contribution is 5.95. The van der Waals surface area contributed by atoms with Crippen LogP contribution in [0.5, 0.6) is 5.75 Å². The van der Waals surface area contributed by atoms with E-state index < -0.39 is 41.3 Å². The normalized spacial score (nSPS) is 23.1. The highest BCUT2D eigenvalue weighted by Gasteiger charge is 2.51. The predicted molar refractivity (Wildman–Crippen MR) is 113 cm³/mol. The predicted octanol–water partition coefficient (Wildman–Crippen LogP) is 3.58. The van der Waals surface area contributed by atoms with Gasteiger partial charge >= 0.3 is 0 Å². The van der Waals surface area contributed by atoms with Crippen molar-refractivity contribution in [2.24, 2.45) is 5.92 Å². The molecule has 1 unspecified atom stereocenters. The van der Waals surface area contributed by atoms with Crippen molar-refractivity contribution < 1.29 is 32.9 Å². The fourth-order valence-electron chi connectivity index (χ4n) is 4.00. The lowest BCUT2D eigenvalue weighted by Crippen LogP contribution is -2.33. The van der Waals surface area contributed by atoms with Gasteiger partial charge < -0.3 is 24.6 Å². The molecule has 1 aliphatic heterocycles. The van der Waals surface area contributed by atoms with Crippen molar-refractivity contribution in [2.75, 3.05) is 26.1 Å². The molecule has 1 amide bonds. The molecule has 0 radical (unpaired) electrons. The number of aromatic nitrogens is 1. The molecule has 1 saturated heterocycles. The number of carbonyl (C=O) groups excluding carboxylic acids is 1. The number of aliphatic hydroxyl groups is 1. The third-order valence-electron chi connectivity index (χ3n) is 6.01. The fourth-order valence-corrected chi connectivity index (χ4v) is 4.00. The van der Waals surface area contributed by atoms with E-state index in [9.17, 15) is 18.7 Å². The number of pyridine rings is 1. The average Bonchev–Trinajstić information content (AvgIpc) is 3.00. The van der Waals surface area contributed by atoms with Gasteiger partial charge in [0.15, 0.2) is 11.6 Å². The van der Waals surface area contributed by atoms with Gasteiger partial charge in [0, 0.05) is 18.6 Å². The van der Waals surface area contributed by atoms with Gasteiger partial charge in [-0.15, -0.1) is 0 Å². The SMILES string of the molecule is COCC(O)c1ccc(NC(=O)[C@@H]2OC(C)(C)[C@@H](C)[C@H]2c2ccc(F)c(F)c2OC)cn1. The molecule has 9 heteroatoms. The van der Waals surface area contributed by atoms with Gasteiger partial charge in [-0.05, 0) is 38.0 Å². The molecule has 0 spiro atoms. The van der Waals surface area contributed by atoms with Crippen molar-refractivity contribution in [3.05, 3.63) is 53.4 Å². The number of rotatable bonds is 7. The first-order chi connectivity index (χ1) is 15.1. The first-order valence-electron chi connectivity index (χ1n) is 10.2. The number of carbonyl (C=O) groups is 1. The molecule has 2 aromatic rings. The first kappa shape index (κ1) is 24.0. The quantitative estimate of drug-likeness (QED) is 0.670. The van der Waals surface area contributed by atoms with Crippen LogP contribution in [0.15, 0.2) is 30.5 Å². The Morgan fingerprint density at radius 3 is 2.59 bits per heavy atom. The van der Waals surface area contributed by atoms with Crippen LogP contribution in [0.2, 0.25) is 0 Å². The van der Waals surface area contributed by atoms with Crippen molar-refractivity contribution in [3.8, 4) is 5.75 Å². The number of benzene rings is 1. The highest BCUT2D eigenvalue weighted by Crippen LogP contribution is 2.49. The Kier molecular flexibility index (Phi) is 7.12. The van der Waals surface area contributed by atoms with Crippen LogP contribution in [-0.2, 0) is 14.3 Å². The molecule has 1 aromatic carbocycles. The number of hydrogen-bond acceptors (Lipinski definition) is 6. The van der Waals surface area contributed by atoms with Gasteiger partial charge in [0.1, 0.15) is 12.2 Å². The third kappa shape index (κ3) is 4.60. The molecule has 2 heterocycles. The van der Waals surface area contributed by atoms with Gasteiger partial charge in [-0.25, -0.2) is 4.39 Å². The van der Waals surface area contributed by atoms with Crippen molar-refractivity contribution in [1.82, 2.24) is 4.98 Å². The molecule has 7 nitrogen and oxygen atoms in total. The van der Waals surface area contributed by atoms with Crippen LogP contribution in [0.25, 0.3) is 0 Å². The van der Waals surface area contributed by atoms with Crippen LogP contribution in [0.3, 0.4) is 0 Å². The summed E-state index contributed by atoms with van der Waals surface area (Å²) in [7, 11) is 2.73. The van der Waals surface area contributed by atoms with E-state index in [0.717, 1.165) is 6.07 Å². The Bertz CT molecular complexity index is 968. The number of nitrogens with zero attached hydrogens (tertiary/aromatic N) is 1. The molecule has 32 heavy (non-hydrogen) atoms. The second kappa shape index (κ2) is 9.48. The number of halogens is 2. The third-order valence-corrected chi connectivity index (χ3v) is 6.01. The maximum Gasteiger partial charge on any atom is 0.254 e. The summed E-state index contributed by atoms with van der Waals surface area (Å²) in [5.74, 6) is -3.60. The summed E-state index contributed by atoms with van der Waals surface area (Å²) < 4.78 is 44.3. The average molecular weight is 450 g/mol. The smallest absolute Gasteiger partial charge is 0.254 e. The Morgan fingerprint density at radius 1 is 1.28 bits per heavy atom. The van der Waals surface area contributed by atoms with E-state index in [1.165, 1.54) is 26.5 Å². The van der Waals surface area contributed by atoms with Crippen LogP contribution in [-0.4, -0.2) is 48.5 Å². The fraction of sp³-hybridized carbons (Fsp3) is 0.478. The van der Waals surface area contributed by atoms with Crippen LogP contribution >= 0.6 is 0 Å². The number of anilines is 1. The van der Waals surface area contributed by atoms with E-state index in [-0.39, 0.29) is 18.3 Å². The summed E-state index contributed by atoms with van der Waals surface area (Å²) in [5.41, 5.74) is 0.469. The van der Waals surface area contributed by atoms with Crippen molar-refractivity contribution in [3.63, 3.8) is 0 Å². The second-order valence-corrected chi connectivity index (χ2v) is 8.37. The molecule has 0 aliphatic carbocycles. The van der Waals surface area contributed by atoms with Gasteiger partial charge in [0.2, 0.25) is 5.82 Å². The number of aliphatic hydroxyl groups excluding tert-OH is 1. The Balaban J connectivity index is 1.88. The molecule has 4 atom stereocenters. The van der Waals surface area contributed by atoms with E-state index in [1.54, 1.807) is 12.1 Å². The van der Waals surface area contributed by atoms with Crippen LogP contribution in [0.1, 0.15) is 44.1 Å². The van der Waals surface area contributed by atoms with Crippen LogP contribution in [0.4, 0.5) is 14.5 Å². The van der Waals surface area contributed by atoms with E-state index >= 15 is 0 Å². The zero-order valence-electron chi connectivity index (χ0n) is 18.7. The van der Waals surface area contributed by atoms with Gasteiger partial charge in [-0.2, -0.15) is 4.39 Å². The maximum atomic E-state index is 14.4. The monoisotopic (exact) mass is 450 g/mol. The van der Waals surface area contributed by atoms with Gasteiger partial charge in [0.25, 0.3) is 5.91 Å². The summed E-state index contributed by atoms with van der Waals surface area (Å²) in [4.78, 5) is 17.3. The molecule has 3 rings (SSSR count). The summed E-state index contributed by atoms with van der Waals surface area (Å²) in [6, 6.07) is 5.64. The van der Waals surface area contributed by atoms with E-state index in [2.05, 4.69) is 10.3 Å².